The van der Waals surface area contributed by atoms with Gasteiger partial charge in [-0.05, 0) is 0 Å². The molecule has 4 atom stereocenters. The van der Waals surface area contributed by atoms with Crippen molar-refractivity contribution in [1.29, 1.82) is 0 Å². The third-order valence-electron chi connectivity index (χ3n) is 14.3. The molecule has 0 radical (unpaired) electrons. The molecule has 2 aromatic rings. The normalized spacial score (nSPS) is 25.5. The third kappa shape index (κ3) is 8.93. The van der Waals surface area contributed by atoms with Gasteiger partial charge < -0.3 is 0 Å². The fraction of sp³-hybridized carbons (Fsp3) is 0.440. The van der Waals surface area contributed by atoms with Gasteiger partial charge in [0.2, 0.25) is 0 Å². The predicted molar refractivity (Wildman–Crippen MR) is 243 cm³/mol. The number of allylic oxidation sites excluding steroid dienone is 16. The fourth-order valence-electron chi connectivity index (χ4n) is 11.5. The number of halogens is 2. The van der Waals surface area contributed by atoms with E-state index >= 15 is 0 Å². The SMILES string of the molecule is C[Si](c1ccccc1)=[Hf]([CH]1C=CC2=C1CCCC2)[CH]1C=CC2=C1CCCC2.C[Si](c1ccccc1)=[Hf]([CH]1C=CC2=C1CCCC2)[CH]1C=CC2=C1CCCC2.Cl.Cl. The van der Waals surface area contributed by atoms with Gasteiger partial charge in [-0.1, -0.05) is 0 Å². The molecule has 0 N–H and O–H groups in total. The van der Waals surface area contributed by atoms with E-state index in [1.807, 2.05) is 22.3 Å². The maximum atomic E-state index is 2.70. The zero-order valence-corrected chi connectivity index (χ0v) is 44.7. The van der Waals surface area contributed by atoms with Crippen molar-refractivity contribution in [3.8, 4) is 0 Å². The average molecular weight is 1150 g/mol. The van der Waals surface area contributed by atoms with Crippen LogP contribution in [0.3, 0.4) is 0 Å². The van der Waals surface area contributed by atoms with Gasteiger partial charge >= 0.3 is 346 Å². The second-order valence-electron chi connectivity index (χ2n) is 17.3. The summed E-state index contributed by atoms with van der Waals surface area (Å²) in [4.78, 5) is 0. The second kappa shape index (κ2) is 20.1. The van der Waals surface area contributed by atoms with Crippen molar-refractivity contribution < 1.29 is 40.1 Å². The van der Waals surface area contributed by atoms with Gasteiger partial charge in [-0.15, -0.1) is 24.8 Å². The molecule has 6 heteroatoms. The maximum Gasteiger partial charge on any atom is -0.147 e. The minimum absolute atomic E-state index is 0. The molecule has 8 aliphatic carbocycles. The molecule has 2 aromatic carbocycles. The van der Waals surface area contributed by atoms with Crippen molar-refractivity contribution in [1.82, 2.24) is 0 Å². The molecular weight excluding hydrogens is 1080 g/mol. The number of benzene rings is 2. The zero-order chi connectivity index (χ0) is 36.4. The van der Waals surface area contributed by atoms with Crippen LogP contribution in [-0.4, -0.2) is 11.0 Å². The summed E-state index contributed by atoms with van der Waals surface area (Å²) in [7, 11) is 0. The van der Waals surface area contributed by atoms with Crippen LogP contribution in [0.4, 0.5) is 0 Å². The van der Waals surface area contributed by atoms with Gasteiger partial charge in [-0.25, -0.2) is 0 Å². The first-order valence-electron chi connectivity index (χ1n) is 21.8. The van der Waals surface area contributed by atoms with Crippen LogP contribution in [-0.2, 0) is 40.1 Å². The Morgan fingerprint density at radius 3 is 0.893 bits per heavy atom. The van der Waals surface area contributed by atoms with E-state index in [1.54, 1.807) is 32.7 Å². The average Bonchev–Trinajstić information content (AvgIpc) is 4.06. The molecule has 56 heavy (non-hydrogen) atoms. The first-order chi connectivity index (χ1) is 26.7. The van der Waals surface area contributed by atoms with Gasteiger partial charge in [0.15, 0.2) is 0 Å². The predicted octanol–water partition coefficient (Wildman–Crippen LogP) is 14.0. The Balaban J connectivity index is 0.000000166. The molecule has 0 amide bonds. The van der Waals surface area contributed by atoms with Crippen molar-refractivity contribution in [2.75, 3.05) is 0 Å². The largest absolute Gasteiger partial charge is 0.147 e. The minimum atomic E-state index is -2.00. The van der Waals surface area contributed by atoms with E-state index in [0.29, 0.717) is 0 Å². The molecule has 0 aromatic heterocycles. The molecular formula is C50H62Cl2Hf2Si2. The monoisotopic (exact) mass is 1150 g/mol. The van der Waals surface area contributed by atoms with E-state index in [9.17, 15) is 0 Å². The van der Waals surface area contributed by atoms with Crippen LogP contribution >= 0.6 is 24.8 Å². The molecule has 4 unspecified atom stereocenters. The molecule has 10 rings (SSSR count). The van der Waals surface area contributed by atoms with E-state index in [-0.39, 0.29) is 24.8 Å². The van der Waals surface area contributed by atoms with E-state index < -0.39 is 51.1 Å². The Morgan fingerprint density at radius 2 is 0.625 bits per heavy atom. The number of hydrogen-bond donors (Lipinski definition) is 0. The molecule has 0 heterocycles. The Labute approximate surface area is 366 Å². The molecule has 0 aliphatic heterocycles. The van der Waals surface area contributed by atoms with Crippen molar-refractivity contribution in [2.45, 2.75) is 131 Å². The molecule has 0 bridgehead atoms. The second-order valence-corrected chi connectivity index (χ2v) is 62.0. The van der Waals surface area contributed by atoms with E-state index in [0.717, 1.165) is 14.7 Å². The summed E-state index contributed by atoms with van der Waals surface area (Å²) in [5.74, 6) is 0. The molecule has 8 aliphatic rings. The first kappa shape index (κ1) is 43.2. The summed E-state index contributed by atoms with van der Waals surface area (Å²) in [6.07, 6.45) is 43.4. The third-order valence-corrected chi connectivity index (χ3v) is 70.9. The quantitative estimate of drug-likeness (QED) is 0.253. The summed E-state index contributed by atoms with van der Waals surface area (Å²) in [5.41, 5.74) is 13.7. The molecule has 0 saturated heterocycles. The van der Waals surface area contributed by atoms with Crippen molar-refractivity contribution >= 4 is 46.2 Å². The molecule has 0 nitrogen and oxygen atoms in total. The fourth-order valence-corrected chi connectivity index (χ4v) is 72.4. The van der Waals surface area contributed by atoms with Gasteiger partial charge in [0.25, 0.3) is 0 Å². The van der Waals surface area contributed by atoms with Crippen LogP contribution in [0, 0.1) is 0 Å². The van der Waals surface area contributed by atoms with Gasteiger partial charge in [-0.2, -0.15) is 0 Å². The van der Waals surface area contributed by atoms with Crippen LogP contribution < -0.4 is 10.4 Å². The molecule has 0 fully saturated rings. The Hall–Kier alpha value is -0.886. The van der Waals surface area contributed by atoms with Crippen LogP contribution in [0.15, 0.2) is 154 Å². The number of rotatable bonds is 6. The number of hydrogen-bond acceptors (Lipinski definition) is 0. The Morgan fingerprint density at radius 1 is 0.375 bits per heavy atom. The Kier molecular flexibility index (Phi) is 15.5. The van der Waals surface area contributed by atoms with Gasteiger partial charge in [-0.3, -0.25) is 0 Å². The smallest absolute Gasteiger partial charge is 0.147 e. The van der Waals surface area contributed by atoms with Crippen molar-refractivity contribution in [3.63, 3.8) is 0 Å². The van der Waals surface area contributed by atoms with Crippen LogP contribution in [0.1, 0.15) is 103 Å². The van der Waals surface area contributed by atoms with E-state index in [4.69, 9.17) is 0 Å². The summed E-state index contributed by atoms with van der Waals surface area (Å²) in [6, 6.07) is 23.3. The van der Waals surface area contributed by atoms with Gasteiger partial charge in [0, 0.05) is 0 Å². The van der Waals surface area contributed by atoms with Crippen LogP contribution in [0.25, 0.3) is 0 Å². The van der Waals surface area contributed by atoms with Crippen LogP contribution in [0.5, 0.6) is 0 Å². The zero-order valence-electron chi connectivity index (χ0n) is 33.8. The van der Waals surface area contributed by atoms with Crippen molar-refractivity contribution in [3.05, 3.63) is 154 Å². The van der Waals surface area contributed by atoms with Gasteiger partial charge in [0.05, 0.1) is 0 Å². The maximum absolute atomic E-state index is 2.70. The summed E-state index contributed by atoms with van der Waals surface area (Å²) in [5, 5.41) is 3.42. The van der Waals surface area contributed by atoms with Crippen LogP contribution in [0.2, 0.25) is 27.8 Å². The molecule has 292 valence electrons. The minimum Gasteiger partial charge on any atom is -0.147 e. The summed E-state index contributed by atoms with van der Waals surface area (Å²) in [6.45, 7) is 5.37. The molecule has 0 spiro atoms. The van der Waals surface area contributed by atoms with E-state index in [1.165, 1.54) is 103 Å². The standard InChI is InChI=1S/4C9H11.2C7H8Si.2ClH.2Hf/c4*1-2-5-9-7-3-6-8(9)4-1;2*1-8-7-5-3-2-4-6-7;;;;/h4*3,6-7H,1-2,4-5H2;2*2-6H,1H3;2*1H;;. The first-order valence-corrected chi connectivity index (χ1v) is 44.9. The topological polar surface area (TPSA) is 0 Å². The van der Waals surface area contributed by atoms with E-state index in [2.05, 4.69) is 122 Å². The summed E-state index contributed by atoms with van der Waals surface area (Å²) < 4.78 is 3.58. The summed E-state index contributed by atoms with van der Waals surface area (Å²) >= 11 is -3.99. The Bertz CT molecular complexity index is 1860. The van der Waals surface area contributed by atoms with Gasteiger partial charge in [0.1, 0.15) is 0 Å². The van der Waals surface area contributed by atoms with Crippen molar-refractivity contribution in [2.24, 2.45) is 0 Å². The molecule has 0 saturated carbocycles.